The molecule has 2 N–H and O–H groups in total. The van der Waals surface area contributed by atoms with Crippen LogP contribution in [0.1, 0.15) is 55.3 Å². The number of rotatable bonds is 8. The molecule has 0 unspecified atom stereocenters. The smallest absolute Gasteiger partial charge is 0.251 e. The summed E-state index contributed by atoms with van der Waals surface area (Å²) in [6.07, 6.45) is 8.12. The summed E-state index contributed by atoms with van der Waals surface area (Å²) in [5.74, 6) is 0.709. The quantitative estimate of drug-likeness (QED) is 0.712. The Balaban J connectivity index is 1.59. The van der Waals surface area contributed by atoms with Crippen molar-refractivity contribution in [2.24, 2.45) is 5.92 Å². The number of carbonyl (C=O) groups excluding carboxylic acids is 2. The van der Waals surface area contributed by atoms with Crippen LogP contribution in [0.2, 0.25) is 0 Å². The summed E-state index contributed by atoms with van der Waals surface area (Å²) in [7, 11) is 3.93. The first kappa shape index (κ1) is 19.3. The Kier molecular flexibility index (Phi) is 7.76. The van der Waals surface area contributed by atoms with Crippen molar-refractivity contribution in [3.8, 4) is 0 Å². The topological polar surface area (TPSA) is 61.4 Å². The van der Waals surface area contributed by atoms with Gasteiger partial charge in [-0.05, 0) is 36.6 Å². The Morgan fingerprint density at radius 3 is 2.28 bits per heavy atom. The number of anilines is 1. The van der Waals surface area contributed by atoms with Gasteiger partial charge in [-0.2, -0.15) is 0 Å². The van der Waals surface area contributed by atoms with E-state index in [0.717, 1.165) is 18.0 Å². The van der Waals surface area contributed by atoms with Crippen LogP contribution in [0, 0.1) is 5.92 Å². The first-order chi connectivity index (χ1) is 12.1. The third-order valence-corrected chi connectivity index (χ3v) is 4.88. The zero-order valence-electron chi connectivity index (χ0n) is 15.5. The van der Waals surface area contributed by atoms with Crippen LogP contribution in [0.5, 0.6) is 0 Å². The summed E-state index contributed by atoms with van der Waals surface area (Å²) in [5, 5.41) is 5.73. The van der Waals surface area contributed by atoms with Crippen LogP contribution in [0.25, 0.3) is 0 Å². The molecule has 1 saturated carbocycles. The maximum atomic E-state index is 12.1. The zero-order valence-corrected chi connectivity index (χ0v) is 15.5. The van der Waals surface area contributed by atoms with Crippen LogP contribution >= 0.6 is 0 Å². The van der Waals surface area contributed by atoms with E-state index in [1.807, 2.05) is 43.3 Å². The van der Waals surface area contributed by atoms with Crippen LogP contribution in [0.3, 0.4) is 0 Å². The number of amides is 2. The average Bonchev–Trinajstić information content (AvgIpc) is 2.64. The summed E-state index contributed by atoms with van der Waals surface area (Å²) < 4.78 is 0. The lowest BCUT2D eigenvalue weighted by Crippen LogP contribution is -2.34. The monoisotopic (exact) mass is 345 g/mol. The molecule has 0 spiro atoms. The molecule has 1 aromatic carbocycles. The van der Waals surface area contributed by atoms with Crippen LogP contribution in [0.15, 0.2) is 24.3 Å². The number of carbonyl (C=O) groups is 2. The number of hydrogen-bond acceptors (Lipinski definition) is 3. The molecular formula is C20H31N3O2. The third kappa shape index (κ3) is 6.77. The van der Waals surface area contributed by atoms with Crippen molar-refractivity contribution in [2.75, 3.05) is 32.1 Å². The molecule has 5 heteroatoms. The number of nitrogens with zero attached hydrogens (tertiary/aromatic N) is 1. The molecule has 0 aromatic heterocycles. The molecule has 1 aromatic rings. The minimum Gasteiger partial charge on any atom is -0.378 e. The van der Waals surface area contributed by atoms with Gasteiger partial charge in [-0.3, -0.25) is 9.59 Å². The van der Waals surface area contributed by atoms with Gasteiger partial charge < -0.3 is 15.5 Å². The lowest BCUT2D eigenvalue weighted by molar-refractivity contribution is -0.121. The molecule has 2 amide bonds. The molecule has 0 heterocycles. The van der Waals surface area contributed by atoms with Crippen molar-refractivity contribution >= 4 is 17.5 Å². The van der Waals surface area contributed by atoms with E-state index in [-0.39, 0.29) is 11.8 Å². The average molecular weight is 345 g/mol. The molecule has 0 saturated heterocycles. The molecule has 0 aliphatic heterocycles. The molecule has 5 nitrogen and oxygen atoms in total. The van der Waals surface area contributed by atoms with Crippen LogP contribution in [-0.2, 0) is 4.79 Å². The van der Waals surface area contributed by atoms with E-state index in [4.69, 9.17) is 0 Å². The normalized spacial score (nSPS) is 14.8. The predicted molar refractivity (Wildman–Crippen MR) is 102 cm³/mol. The second-order valence-corrected chi connectivity index (χ2v) is 7.09. The SMILES string of the molecule is CN(C)c1ccc(C(=O)NCCNC(=O)CCC2CCCCC2)cc1. The van der Waals surface area contributed by atoms with Gasteiger partial charge in [0, 0.05) is 44.9 Å². The largest absolute Gasteiger partial charge is 0.378 e. The van der Waals surface area contributed by atoms with Crippen molar-refractivity contribution < 1.29 is 9.59 Å². The van der Waals surface area contributed by atoms with Gasteiger partial charge in [-0.25, -0.2) is 0 Å². The third-order valence-electron chi connectivity index (χ3n) is 4.88. The molecule has 0 atom stereocenters. The van der Waals surface area contributed by atoms with E-state index in [9.17, 15) is 9.59 Å². The van der Waals surface area contributed by atoms with E-state index >= 15 is 0 Å². The fraction of sp³-hybridized carbons (Fsp3) is 0.600. The Morgan fingerprint density at radius 1 is 1.00 bits per heavy atom. The van der Waals surface area contributed by atoms with Crippen molar-refractivity contribution in [1.29, 1.82) is 0 Å². The summed E-state index contributed by atoms with van der Waals surface area (Å²) in [4.78, 5) is 25.9. The second kappa shape index (κ2) is 10.1. The Hall–Kier alpha value is -2.04. The minimum atomic E-state index is -0.109. The van der Waals surface area contributed by atoms with Crippen molar-refractivity contribution in [1.82, 2.24) is 10.6 Å². The van der Waals surface area contributed by atoms with Crippen molar-refractivity contribution in [2.45, 2.75) is 44.9 Å². The molecule has 1 aliphatic carbocycles. The minimum absolute atomic E-state index is 0.0927. The first-order valence-electron chi connectivity index (χ1n) is 9.38. The van der Waals surface area contributed by atoms with E-state index in [2.05, 4.69) is 10.6 Å². The molecule has 0 bridgehead atoms. The van der Waals surface area contributed by atoms with Gasteiger partial charge in [0.25, 0.3) is 5.91 Å². The molecule has 1 aliphatic rings. The lowest BCUT2D eigenvalue weighted by Gasteiger charge is -2.21. The standard InChI is InChI=1S/C20H31N3O2/c1-23(2)18-11-9-17(10-12-18)20(25)22-15-14-21-19(24)13-8-16-6-4-3-5-7-16/h9-12,16H,3-8,13-15H2,1-2H3,(H,21,24)(H,22,25). The van der Waals surface area contributed by atoms with Gasteiger partial charge in [-0.15, -0.1) is 0 Å². The van der Waals surface area contributed by atoms with Crippen LogP contribution < -0.4 is 15.5 Å². The number of nitrogens with one attached hydrogen (secondary N) is 2. The summed E-state index contributed by atoms with van der Waals surface area (Å²) in [5.41, 5.74) is 1.69. The Labute approximate surface area is 151 Å². The molecular weight excluding hydrogens is 314 g/mol. The molecule has 138 valence electrons. The molecule has 2 rings (SSSR count). The summed E-state index contributed by atoms with van der Waals surface area (Å²) >= 11 is 0. The van der Waals surface area contributed by atoms with E-state index in [1.165, 1.54) is 32.1 Å². The highest BCUT2D eigenvalue weighted by atomic mass is 16.2. The highest BCUT2D eigenvalue weighted by Crippen LogP contribution is 2.27. The van der Waals surface area contributed by atoms with E-state index in [1.54, 1.807) is 0 Å². The summed E-state index contributed by atoms with van der Waals surface area (Å²) in [6, 6.07) is 7.46. The van der Waals surface area contributed by atoms with Gasteiger partial charge in [0.15, 0.2) is 0 Å². The number of benzene rings is 1. The summed E-state index contributed by atoms with van der Waals surface area (Å²) in [6.45, 7) is 0.925. The lowest BCUT2D eigenvalue weighted by atomic mass is 9.86. The zero-order chi connectivity index (χ0) is 18.1. The van der Waals surface area contributed by atoms with E-state index < -0.39 is 0 Å². The van der Waals surface area contributed by atoms with Gasteiger partial charge in [-0.1, -0.05) is 32.1 Å². The molecule has 1 fully saturated rings. The van der Waals surface area contributed by atoms with Gasteiger partial charge >= 0.3 is 0 Å². The predicted octanol–water partition coefficient (Wildman–Crippen LogP) is 2.96. The number of hydrogen-bond donors (Lipinski definition) is 2. The van der Waals surface area contributed by atoms with Crippen LogP contribution in [0.4, 0.5) is 5.69 Å². The van der Waals surface area contributed by atoms with Gasteiger partial charge in [0.2, 0.25) is 5.91 Å². The molecule has 0 radical (unpaired) electrons. The highest BCUT2D eigenvalue weighted by Gasteiger charge is 2.14. The van der Waals surface area contributed by atoms with Crippen molar-refractivity contribution in [3.05, 3.63) is 29.8 Å². The van der Waals surface area contributed by atoms with E-state index in [0.29, 0.717) is 25.1 Å². The van der Waals surface area contributed by atoms with Crippen molar-refractivity contribution in [3.63, 3.8) is 0 Å². The Morgan fingerprint density at radius 2 is 1.64 bits per heavy atom. The fourth-order valence-electron chi connectivity index (χ4n) is 3.29. The maximum absolute atomic E-state index is 12.1. The van der Waals surface area contributed by atoms with Crippen LogP contribution in [-0.4, -0.2) is 39.0 Å². The Bertz CT molecular complexity index is 549. The van der Waals surface area contributed by atoms with Gasteiger partial charge in [0.05, 0.1) is 0 Å². The first-order valence-corrected chi connectivity index (χ1v) is 9.38. The molecule has 25 heavy (non-hydrogen) atoms. The highest BCUT2D eigenvalue weighted by molar-refractivity contribution is 5.94. The van der Waals surface area contributed by atoms with Gasteiger partial charge in [0.1, 0.15) is 0 Å². The maximum Gasteiger partial charge on any atom is 0.251 e. The second-order valence-electron chi connectivity index (χ2n) is 7.09. The fourth-order valence-corrected chi connectivity index (χ4v) is 3.29.